The van der Waals surface area contributed by atoms with Crippen molar-refractivity contribution in [1.82, 2.24) is 25.5 Å². The summed E-state index contributed by atoms with van der Waals surface area (Å²) in [5, 5.41) is 14.3. The van der Waals surface area contributed by atoms with E-state index < -0.39 is 11.6 Å². The summed E-state index contributed by atoms with van der Waals surface area (Å²) >= 11 is 0. The molecule has 18 heavy (non-hydrogen) atoms. The van der Waals surface area contributed by atoms with E-state index in [1.54, 1.807) is 0 Å². The number of rotatable bonds is 4. The average Bonchev–Trinajstić information content (AvgIpc) is 3.06. The van der Waals surface area contributed by atoms with Gasteiger partial charge >= 0.3 is 0 Å². The first kappa shape index (κ1) is 11.2. The Morgan fingerprint density at radius 1 is 1.33 bits per heavy atom. The number of halogens is 2. The van der Waals surface area contributed by atoms with Crippen LogP contribution in [0.2, 0.25) is 0 Å². The van der Waals surface area contributed by atoms with Crippen LogP contribution in [-0.4, -0.2) is 26.2 Å². The third-order valence-corrected chi connectivity index (χ3v) is 2.80. The molecule has 94 valence electrons. The van der Waals surface area contributed by atoms with Crippen LogP contribution in [0.15, 0.2) is 18.2 Å². The van der Waals surface area contributed by atoms with Crippen molar-refractivity contribution in [2.75, 3.05) is 0 Å². The molecule has 1 aliphatic carbocycles. The van der Waals surface area contributed by atoms with Gasteiger partial charge in [0.1, 0.15) is 11.5 Å². The Labute approximate surface area is 102 Å². The zero-order valence-corrected chi connectivity index (χ0v) is 9.48. The number of hydrogen-bond donors (Lipinski definition) is 1. The highest BCUT2D eigenvalue weighted by Gasteiger charge is 2.22. The predicted octanol–water partition coefficient (Wildman–Crippen LogP) is 1.19. The lowest BCUT2D eigenvalue weighted by Crippen LogP contribution is -2.19. The van der Waals surface area contributed by atoms with Crippen LogP contribution < -0.4 is 5.32 Å². The van der Waals surface area contributed by atoms with Crippen LogP contribution in [-0.2, 0) is 6.54 Å². The van der Waals surface area contributed by atoms with Gasteiger partial charge in [0.15, 0.2) is 11.6 Å². The maximum absolute atomic E-state index is 13.6. The molecule has 1 N–H and O–H groups in total. The second kappa shape index (κ2) is 4.41. The molecule has 5 nitrogen and oxygen atoms in total. The Hall–Kier alpha value is -1.89. The third-order valence-electron chi connectivity index (χ3n) is 2.80. The van der Waals surface area contributed by atoms with Crippen LogP contribution in [0.5, 0.6) is 0 Å². The smallest absolute Gasteiger partial charge is 0.170 e. The third kappa shape index (κ3) is 2.21. The largest absolute Gasteiger partial charge is 0.307 e. The molecular formula is C11H11F2N5. The van der Waals surface area contributed by atoms with Crippen molar-refractivity contribution in [3.05, 3.63) is 35.7 Å². The minimum absolute atomic E-state index is 0.147. The number of nitrogens with one attached hydrogen (secondary N) is 1. The molecule has 0 radical (unpaired) electrons. The van der Waals surface area contributed by atoms with Gasteiger partial charge in [-0.1, -0.05) is 0 Å². The lowest BCUT2D eigenvalue weighted by atomic mass is 10.3. The molecule has 1 aliphatic rings. The molecule has 0 saturated heterocycles. The van der Waals surface area contributed by atoms with Crippen molar-refractivity contribution >= 4 is 0 Å². The summed E-state index contributed by atoms with van der Waals surface area (Å²) < 4.78 is 27.7. The Morgan fingerprint density at radius 3 is 2.89 bits per heavy atom. The van der Waals surface area contributed by atoms with Gasteiger partial charge < -0.3 is 5.32 Å². The molecule has 0 aliphatic heterocycles. The normalized spacial score (nSPS) is 15.0. The summed E-state index contributed by atoms with van der Waals surface area (Å²) in [6.07, 6.45) is 2.29. The second-order valence-electron chi connectivity index (χ2n) is 4.26. The first-order chi connectivity index (χ1) is 8.74. The van der Waals surface area contributed by atoms with Gasteiger partial charge in [0.05, 0.1) is 6.54 Å². The number of benzene rings is 1. The Balaban J connectivity index is 1.88. The van der Waals surface area contributed by atoms with Crippen LogP contribution in [0.1, 0.15) is 18.7 Å². The molecule has 0 spiro atoms. The lowest BCUT2D eigenvalue weighted by molar-refractivity contribution is 0.564. The van der Waals surface area contributed by atoms with Crippen LogP contribution >= 0.6 is 0 Å². The summed E-state index contributed by atoms with van der Waals surface area (Å²) in [6.45, 7) is 0.467. The van der Waals surface area contributed by atoms with Gasteiger partial charge in [0, 0.05) is 12.1 Å². The molecule has 1 saturated carbocycles. The van der Waals surface area contributed by atoms with E-state index in [1.807, 2.05) is 0 Å². The van der Waals surface area contributed by atoms with E-state index in [0.717, 1.165) is 18.9 Å². The van der Waals surface area contributed by atoms with Crippen molar-refractivity contribution in [3.63, 3.8) is 0 Å². The van der Waals surface area contributed by atoms with Crippen molar-refractivity contribution in [2.45, 2.75) is 25.4 Å². The van der Waals surface area contributed by atoms with E-state index in [2.05, 4.69) is 20.8 Å². The summed E-state index contributed by atoms with van der Waals surface area (Å²) in [5.41, 5.74) is 0.147. The highest BCUT2D eigenvalue weighted by atomic mass is 19.1. The number of hydrogen-bond acceptors (Lipinski definition) is 4. The van der Waals surface area contributed by atoms with E-state index >= 15 is 0 Å². The number of tetrazole rings is 1. The van der Waals surface area contributed by atoms with Gasteiger partial charge in [-0.2, -0.15) is 4.68 Å². The van der Waals surface area contributed by atoms with Gasteiger partial charge in [0.25, 0.3) is 0 Å². The zero-order valence-electron chi connectivity index (χ0n) is 9.48. The first-order valence-corrected chi connectivity index (χ1v) is 5.70. The van der Waals surface area contributed by atoms with Crippen LogP contribution in [0, 0.1) is 11.6 Å². The van der Waals surface area contributed by atoms with Crippen LogP contribution in [0.3, 0.4) is 0 Å². The second-order valence-corrected chi connectivity index (χ2v) is 4.26. The van der Waals surface area contributed by atoms with Crippen molar-refractivity contribution in [3.8, 4) is 5.69 Å². The van der Waals surface area contributed by atoms with Gasteiger partial charge in [-0.05, 0) is 35.4 Å². The summed E-state index contributed by atoms with van der Waals surface area (Å²) in [5.74, 6) is -0.802. The Bertz CT molecular complexity index is 564. The lowest BCUT2D eigenvalue weighted by Gasteiger charge is -2.06. The van der Waals surface area contributed by atoms with Gasteiger partial charge in [-0.25, -0.2) is 8.78 Å². The molecule has 1 aromatic heterocycles. The maximum Gasteiger partial charge on any atom is 0.170 e. The average molecular weight is 251 g/mol. The fourth-order valence-corrected chi connectivity index (χ4v) is 1.68. The molecular weight excluding hydrogens is 240 g/mol. The topological polar surface area (TPSA) is 55.6 Å². The van der Waals surface area contributed by atoms with Crippen LogP contribution in [0.4, 0.5) is 8.78 Å². The molecule has 1 heterocycles. The van der Waals surface area contributed by atoms with E-state index in [-0.39, 0.29) is 5.69 Å². The maximum atomic E-state index is 13.6. The summed E-state index contributed by atoms with van der Waals surface area (Å²) in [7, 11) is 0. The van der Waals surface area contributed by atoms with E-state index in [0.29, 0.717) is 18.4 Å². The fraction of sp³-hybridized carbons (Fsp3) is 0.364. The quantitative estimate of drug-likeness (QED) is 0.887. The van der Waals surface area contributed by atoms with Crippen molar-refractivity contribution < 1.29 is 8.78 Å². The predicted molar refractivity (Wildman–Crippen MR) is 58.9 cm³/mol. The monoisotopic (exact) mass is 251 g/mol. The Kier molecular flexibility index (Phi) is 2.75. The summed E-state index contributed by atoms with van der Waals surface area (Å²) in [6, 6.07) is 3.82. The molecule has 0 amide bonds. The molecule has 2 aromatic rings. The highest BCUT2D eigenvalue weighted by Crippen LogP contribution is 2.19. The van der Waals surface area contributed by atoms with Gasteiger partial charge in [0.2, 0.25) is 0 Å². The fourth-order valence-electron chi connectivity index (χ4n) is 1.68. The van der Waals surface area contributed by atoms with Crippen molar-refractivity contribution in [1.29, 1.82) is 0 Å². The minimum atomic E-state index is -0.685. The minimum Gasteiger partial charge on any atom is -0.307 e. The molecule has 0 unspecified atom stereocenters. The zero-order chi connectivity index (χ0) is 12.5. The van der Waals surface area contributed by atoms with Crippen LogP contribution in [0.25, 0.3) is 5.69 Å². The van der Waals surface area contributed by atoms with E-state index in [4.69, 9.17) is 0 Å². The summed E-state index contributed by atoms with van der Waals surface area (Å²) in [4.78, 5) is 0. The van der Waals surface area contributed by atoms with Gasteiger partial charge in [-0.15, -0.1) is 5.10 Å². The van der Waals surface area contributed by atoms with Crippen molar-refractivity contribution in [2.24, 2.45) is 0 Å². The van der Waals surface area contributed by atoms with E-state index in [9.17, 15) is 8.78 Å². The molecule has 7 heteroatoms. The number of aromatic nitrogens is 4. The standard InChI is InChI=1S/C11H11F2N5/c12-7-1-4-10(9(13)5-7)18-11(15-16-17-18)6-14-8-2-3-8/h1,4-5,8,14H,2-3,6H2. The molecule has 1 aromatic carbocycles. The molecule has 3 rings (SSSR count). The van der Waals surface area contributed by atoms with E-state index in [1.165, 1.54) is 16.8 Å². The molecule has 0 bridgehead atoms. The number of nitrogens with zero attached hydrogens (tertiary/aromatic N) is 4. The first-order valence-electron chi connectivity index (χ1n) is 5.70. The van der Waals surface area contributed by atoms with Gasteiger partial charge in [-0.3, -0.25) is 0 Å². The molecule has 1 fully saturated rings. The molecule has 0 atom stereocenters. The SMILES string of the molecule is Fc1ccc(-n2nnnc2CNC2CC2)c(F)c1. The highest BCUT2D eigenvalue weighted by molar-refractivity contribution is 5.33. The Morgan fingerprint density at radius 2 is 2.17 bits per heavy atom.